The van der Waals surface area contributed by atoms with Crippen molar-refractivity contribution < 1.29 is 9.47 Å². The number of allylic oxidation sites excluding steroid dienone is 13. The Labute approximate surface area is 394 Å². The van der Waals surface area contributed by atoms with E-state index < -0.39 is 0 Å². The molecular formula is C62H64N2O2. The molecule has 2 heterocycles. The van der Waals surface area contributed by atoms with Crippen LogP contribution in [0.15, 0.2) is 223 Å². The van der Waals surface area contributed by atoms with Crippen molar-refractivity contribution in [1.29, 1.82) is 0 Å². The second-order valence-corrected chi connectivity index (χ2v) is 17.3. The normalized spacial score (nSPS) is 20.8. The molecule has 0 aromatic heterocycles. The Morgan fingerprint density at radius 1 is 0.758 bits per heavy atom. The minimum absolute atomic E-state index is 0.0500. The number of aryl methyl sites for hydroxylation is 3. The first kappa shape index (κ1) is 46.7. The number of fused-ring (bicyclic) bond motifs is 3. The number of para-hydroxylation sites is 2. The van der Waals surface area contributed by atoms with Gasteiger partial charge in [0.25, 0.3) is 0 Å². The molecule has 1 atom stereocenters. The van der Waals surface area contributed by atoms with Gasteiger partial charge < -0.3 is 19.3 Å². The van der Waals surface area contributed by atoms with Crippen molar-refractivity contribution in [3.8, 4) is 0 Å². The van der Waals surface area contributed by atoms with Gasteiger partial charge in [0.15, 0.2) is 0 Å². The Morgan fingerprint density at radius 3 is 2.14 bits per heavy atom. The quantitative estimate of drug-likeness (QED) is 0.109. The zero-order chi connectivity index (χ0) is 46.9. The molecule has 5 aromatic carbocycles. The molecule has 0 spiro atoms. The number of hydrogen-bond acceptors (Lipinski definition) is 4. The van der Waals surface area contributed by atoms with Gasteiger partial charge in [-0.3, -0.25) is 0 Å². The summed E-state index contributed by atoms with van der Waals surface area (Å²) in [5.74, 6) is 1.54. The van der Waals surface area contributed by atoms with Gasteiger partial charge in [-0.1, -0.05) is 142 Å². The number of benzene rings is 5. The van der Waals surface area contributed by atoms with Gasteiger partial charge in [-0.2, -0.15) is 0 Å². The van der Waals surface area contributed by atoms with Gasteiger partial charge in [0, 0.05) is 28.3 Å². The van der Waals surface area contributed by atoms with Crippen LogP contribution in [-0.2, 0) is 9.47 Å². The van der Waals surface area contributed by atoms with Crippen LogP contribution in [-0.4, -0.2) is 13.2 Å². The van der Waals surface area contributed by atoms with Crippen LogP contribution in [0.3, 0.4) is 0 Å². The fourth-order valence-corrected chi connectivity index (χ4v) is 8.79. The maximum atomic E-state index is 6.82. The number of hydrogen-bond donors (Lipinski definition) is 0. The lowest BCUT2D eigenvalue weighted by Crippen LogP contribution is -2.21. The first-order chi connectivity index (χ1) is 32.0. The minimum Gasteiger partial charge on any atom is -0.487 e. The molecule has 7 rings (SSSR count). The molecule has 0 radical (unpaired) electrons. The Hall–Kier alpha value is -7.30. The molecule has 0 bridgehead atoms. The number of ether oxygens (including phenoxy) is 2. The van der Waals surface area contributed by atoms with Crippen LogP contribution in [0.1, 0.15) is 63.3 Å². The van der Waals surface area contributed by atoms with E-state index in [-0.39, 0.29) is 5.92 Å². The summed E-state index contributed by atoms with van der Waals surface area (Å²) in [6.45, 7) is 31.7. The third-order valence-electron chi connectivity index (χ3n) is 12.4. The van der Waals surface area contributed by atoms with E-state index >= 15 is 0 Å². The van der Waals surface area contributed by atoms with E-state index in [2.05, 4.69) is 224 Å². The predicted octanol–water partition coefficient (Wildman–Crippen LogP) is 17.2. The van der Waals surface area contributed by atoms with Crippen molar-refractivity contribution in [3.05, 3.63) is 245 Å². The van der Waals surface area contributed by atoms with Crippen LogP contribution < -0.4 is 9.80 Å². The third-order valence-corrected chi connectivity index (χ3v) is 12.4. The summed E-state index contributed by atoms with van der Waals surface area (Å²) in [4.78, 5) is 4.63. The lowest BCUT2D eigenvalue weighted by molar-refractivity contribution is 0.241. The molecule has 334 valence electrons. The standard InChI is InChI=1S/C62H64N2O2/c1-12-15-34-53-45(7)28-23-22-26-42(4)40-65-59(53)39-63(50-30-18-16-19-31-50)58-38-46(8)52(14-3)61-55(58)36-35-54-47(9)37-57(49(11)60(54)61)64(51-32-20-17-21-33-51)56(25-13-2)62-48(10)44(6)29-24-27-43(5)41-66-62/h12-21,23-39,44H,3,7,10,22,40-41H2,1-2,4-6,8-9,11H3/b15-12-,25-13-,28-23-,29-24-,42-26-,43-27-,53-34-,59-39-,62-56-. The molecule has 0 saturated heterocycles. The minimum atomic E-state index is 0.0500. The highest BCUT2D eigenvalue weighted by atomic mass is 16.5. The molecule has 2 aliphatic rings. The Kier molecular flexibility index (Phi) is 14.9. The molecule has 5 aromatic rings. The van der Waals surface area contributed by atoms with Gasteiger partial charge in [-0.15, -0.1) is 0 Å². The molecular weight excluding hydrogens is 805 g/mol. The van der Waals surface area contributed by atoms with E-state index in [0.29, 0.717) is 13.2 Å². The largest absolute Gasteiger partial charge is 0.487 e. The van der Waals surface area contributed by atoms with Gasteiger partial charge in [0.2, 0.25) is 0 Å². The average molecular weight is 869 g/mol. The van der Waals surface area contributed by atoms with Gasteiger partial charge in [0.1, 0.15) is 24.7 Å². The lowest BCUT2D eigenvalue weighted by Gasteiger charge is -2.32. The monoisotopic (exact) mass is 868 g/mol. The van der Waals surface area contributed by atoms with Crippen LogP contribution in [0, 0.1) is 26.7 Å². The fraction of sp³-hybridized carbons (Fsp3) is 0.194. The maximum Gasteiger partial charge on any atom is 0.146 e. The summed E-state index contributed by atoms with van der Waals surface area (Å²) < 4.78 is 13.6. The van der Waals surface area contributed by atoms with Crippen LogP contribution in [0.2, 0.25) is 0 Å². The first-order valence-corrected chi connectivity index (χ1v) is 23.0. The zero-order valence-electron chi connectivity index (χ0n) is 40.1. The zero-order valence-corrected chi connectivity index (χ0v) is 40.1. The van der Waals surface area contributed by atoms with E-state index in [1.165, 1.54) is 10.8 Å². The summed E-state index contributed by atoms with van der Waals surface area (Å²) in [6, 6.07) is 30.3. The Bertz CT molecular complexity index is 2960. The van der Waals surface area contributed by atoms with E-state index in [4.69, 9.17) is 9.47 Å². The van der Waals surface area contributed by atoms with Crippen molar-refractivity contribution in [2.24, 2.45) is 5.92 Å². The summed E-state index contributed by atoms with van der Waals surface area (Å²) in [7, 11) is 0. The summed E-state index contributed by atoms with van der Waals surface area (Å²) in [5.41, 5.74) is 14.5. The second kappa shape index (κ2) is 21.1. The van der Waals surface area contributed by atoms with Crippen molar-refractivity contribution in [3.63, 3.8) is 0 Å². The molecule has 4 nitrogen and oxygen atoms in total. The van der Waals surface area contributed by atoms with Crippen molar-refractivity contribution in [2.75, 3.05) is 23.0 Å². The maximum absolute atomic E-state index is 6.82. The Morgan fingerprint density at radius 2 is 1.44 bits per heavy atom. The molecule has 0 saturated carbocycles. The smallest absolute Gasteiger partial charge is 0.146 e. The number of rotatable bonds is 9. The van der Waals surface area contributed by atoms with Gasteiger partial charge in [-0.05, 0) is 158 Å². The molecule has 0 N–H and O–H groups in total. The van der Waals surface area contributed by atoms with E-state index in [1.807, 2.05) is 25.2 Å². The molecule has 0 amide bonds. The van der Waals surface area contributed by atoms with Gasteiger partial charge in [-0.25, -0.2) is 0 Å². The van der Waals surface area contributed by atoms with E-state index in [0.717, 1.165) is 107 Å². The molecule has 66 heavy (non-hydrogen) atoms. The van der Waals surface area contributed by atoms with Crippen molar-refractivity contribution >= 4 is 50.4 Å². The lowest BCUT2D eigenvalue weighted by atomic mass is 9.88. The molecule has 2 aliphatic heterocycles. The van der Waals surface area contributed by atoms with E-state index in [9.17, 15) is 0 Å². The highest BCUT2D eigenvalue weighted by molar-refractivity contribution is 6.19. The summed E-state index contributed by atoms with van der Waals surface area (Å²) >= 11 is 0. The van der Waals surface area contributed by atoms with Crippen molar-refractivity contribution in [1.82, 2.24) is 0 Å². The summed E-state index contributed by atoms with van der Waals surface area (Å²) in [6.07, 6.45) is 28.3. The topological polar surface area (TPSA) is 24.9 Å². The van der Waals surface area contributed by atoms with Crippen LogP contribution in [0.5, 0.6) is 0 Å². The van der Waals surface area contributed by atoms with Gasteiger partial charge in [0.05, 0.1) is 23.3 Å². The molecule has 0 fully saturated rings. The average Bonchev–Trinajstić information content (AvgIpc) is 3.38. The number of nitrogens with zero attached hydrogens (tertiary/aromatic N) is 2. The highest BCUT2D eigenvalue weighted by Crippen LogP contribution is 2.46. The van der Waals surface area contributed by atoms with Crippen LogP contribution in [0.25, 0.3) is 27.6 Å². The SMILES string of the molecule is C=Cc1c(C)cc(N(\C=C2/OC/C(C)=C\C/C=C\C(=C)/C2=C/C=C\C)c2ccccc2)c2ccc3c(C)cc(N(C(/C=C\C)=C4\OC/C(C)=C\C=C/C(C)C4=C)c4ccccc4)c(C)c3c12. The van der Waals surface area contributed by atoms with Crippen molar-refractivity contribution in [2.45, 2.75) is 61.8 Å². The third kappa shape index (κ3) is 9.84. The molecule has 4 heteroatoms. The van der Waals surface area contributed by atoms with Crippen LogP contribution >= 0.6 is 0 Å². The van der Waals surface area contributed by atoms with E-state index in [1.54, 1.807) is 0 Å². The molecule has 0 aliphatic carbocycles. The van der Waals surface area contributed by atoms with Gasteiger partial charge >= 0.3 is 0 Å². The highest BCUT2D eigenvalue weighted by Gasteiger charge is 2.27. The Balaban J connectivity index is 1.58. The fourth-order valence-electron chi connectivity index (χ4n) is 8.79. The first-order valence-electron chi connectivity index (χ1n) is 23.0. The molecule has 1 unspecified atom stereocenters. The second-order valence-electron chi connectivity index (χ2n) is 17.3. The summed E-state index contributed by atoms with van der Waals surface area (Å²) in [5, 5.41) is 4.58. The number of anilines is 4. The van der Waals surface area contributed by atoms with Crippen LogP contribution in [0.4, 0.5) is 22.7 Å². The predicted molar refractivity (Wildman–Crippen MR) is 285 cm³/mol.